The van der Waals surface area contributed by atoms with Crippen molar-refractivity contribution < 1.29 is 4.74 Å². The molecule has 0 saturated carbocycles. The molecule has 2 bridgehead atoms. The Morgan fingerprint density at radius 3 is 2.32 bits per heavy atom. The number of fused-ring (bicyclic) bond motifs is 2. The lowest BCUT2D eigenvalue weighted by Crippen LogP contribution is -2.57. The molecule has 0 aromatic carbocycles. The molecule has 4 heteroatoms. The van der Waals surface area contributed by atoms with Gasteiger partial charge in [0.1, 0.15) is 0 Å². The van der Waals surface area contributed by atoms with Crippen LogP contribution in [0.4, 0.5) is 0 Å². The summed E-state index contributed by atoms with van der Waals surface area (Å²) >= 11 is 0. The number of rotatable bonds is 3. The first-order valence-corrected chi connectivity index (χ1v) is 7.93. The molecule has 4 nitrogen and oxygen atoms in total. The maximum absolute atomic E-state index is 6.02. The van der Waals surface area contributed by atoms with Gasteiger partial charge in [-0.2, -0.15) is 0 Å². The summed E-state index contributed by atoms with van der Waals surface area (Å²) in [5.74, 6) is 0. The number of piperidine rings is 2. The maximum atomic E-state index is 6.02. The molecule has 0 spiro atoms. The van der Waals surface area contributed by atoms with Crippen molar-refractivity contribution in [1.82, 2.24) is 9.80 Å². The van der Waals surface area contributed by atoms with Gasteiger partial charge in [0.25, 0.3) is 0 Å². The Morgan fingerprint density at radius 1 is 1.05 bits per heavy atom. The Kier molecular flexibility index (Phi) is 4.13. The van der Waals surface area contributed by atoms with Gasteiger partial charge in [-0.15, -0.1) is 0 Å². The van der Waals surface area contributed by atoms with Gasteiger partial charge in [-0.25, -0.2) is 0 Å². The van der Waals surface area contributed by atoms with E-state index >= 15 is 0 Å². The van der Waals surface area contributed by atoms with Crippen LogP contribution in [-0.4, -0.2) is 67.3 Å². The van der Waals surface area contributed by atoms with Crippen LogP contribution in [0.1, 0.15) is 38.5 Å². The van der Waals surface area contributed by atoms with E-state index in [-0.39, 0.29) is 0 Å². The lowest BCUT2D eigenvalue weighted by atomic mass is 9.90. The molecule has 3 saturated heterocycles. The monoisotopic (exact) mass is 267 g/mol. The van der Waals surface area contributed by atoms with E-state index in [1.54, 1.807) is 0 Å². The van der Waals surface area contributed by atoms with Crippen LogP contribution < -0.4 is 5.73 Å². The Labute approximate surface area is 117 Å². The highest BCUT2D eigenvalue weighted by Gasteiger charge is 2.42. The van der Waals surface area contributed by atoms with E-state index < -0.39 is 0 Å². The van der Waals surface area contributed by atoms with Crippen molar-refractivity contribution in [2.24, 2.45) is 5.73 Å². The standard InChI is InChI=1S/C15H29N3O/c1-17-11-3-4-12(17)8-13(7-11)18-6-5-15(19-2)9-14(18)10-16/h11-15H,3-10,16H2,1-2H3. The van der Waals surface area contributed by atoms with Gasteiger partial charge in [-0.3, -0.25) is 4.90 Å². The second-order valence-corrected chi connectivity index (χ2v) is 6.69. The lowest BCUT2D eigenvalue weighted by molar-refractivity contribution is -0.0242. The normalized spacial score (nSPS) is 44.7. The summed E-state index contributed by atoms with van der Waals surface area (Å²) in [7, 11) is 4.15. The third-order valence-corrected chi connectivity index (χ3v) is 5.86. The molecule has 0 aromatic heterocycles. The van der Waals surface area contributed by atoms with Crippen molar-refractivity contribution in [3.63, 3.8) is 0 Å². The van der Waals surface area contributed by atoms with E-state index in [0.717, 1.165) is 31.1 Å². The van der Waals surface area contributed by atoms with Crippen molar-refractivity contribution in [2.75, 3.05) is 27.2 Å². The average Bonchev–Trinajstić information content (AvgIpc) is 2.68. The first-order valence-electron chi connectivity index (χ1n) is 7.93. The van der Waals surface area contributed by atoms with Crippen LogP contribution in [0.25, 0.3) is 0 Å². The third-order valence-electron chi connectivity index (χ3n) is 5.86. The van der Waals surface area contributed by atoms with Crippen molar-refractivity contribution in [3.8, 4) is 0 Å². The van der Waals surface area contributed by atoms with Crippen molar-refractivity contribution >= 4 is 0 Å². The van der Waals surface area contributed by atoms with Crippen LogP contribution in [0.2, 0.25) is 0 Å². The van der Waals surface area contributed by atoms with Gasteiger partial charge in [0.15, 0.2) is 0 Å². The lowest BCUT2D eigenvalue weighted by Gasteiger charge is -2.47. The predicted octanol–water partition coefficient (Wildman–Crippen LogP) is 1.05. The predicted molar refractivity (Wildman–Crippen MR) is 77.2 cm³/mol. The number of hydrogen-bond acceptors (Lipinski definition) is 4. The smallest absolute Gasteiger partial charge is 0.0599 e. The number of nitrogens with two attached hydrogens (primary N) is 1. The molecule has 110 valence electrons. The molecule has 0 radical (unpaired) electrons. The van der Waals surface area contributed by atoms with Gasteiger partial charge in [0.2, 0.25) is 0 Å². The Balaban J connectivity index is 1.65. The maximum Gasteiger partial charge on any atom is 0.0599 e. The van der Waals surface area contributed by atoms with Crippen LogP contribution >= 0.6 is 0 Å². The van der Waals surface area contributed by atoms with Crippen LogP contribution in [0.5, 0.6) is 0 Å². The molecule has 3 aliphatic heterocycles. The molecule has 19 heavy (non-hydrogen) atoms. The topological polar surface area (TPSA) is 41.7 Å². The van der Waals surface area contributed by atoms with Gasteiger partial charge >= 0.3 is 0 Å². The first-order chi connectivity index (χ1) is 9.22. The molecule has 3 aliphatic rings. The summed E-state index contributed by atoms with van der Waals surface area (Å²) in [6, 6.07) is 2.94. The fraction of sp³-hybridized carbons (Fsp3) is 1.00. The summed E-state index contributed by atoms with van der Waals surface area (Å²) in [5.41, 5.74) is 6.02. The number of ether oxygens (including phenoxy) is 1. The summed E-state index contributed by atoms with van der Waals surface area (Å²) in [6.07, 6.45) is 8.22. The van der Waals surface area contributed by atoms with Crippen LogP contribution in [0.15, 0.2) is 0 Å². The zero-order valence-corrected chi connectivity index (χ0v) is 12.4. The van der Waals surface area contributed by atoms with Gasteiger partial charge in [-0.05, 0) is 45.6 Å². The van der Waals surface area contributed by atoms with E-state index in [4.69, 9.17) is 10.5 Å². The molecule has 3 rings (SSSR count). The van der Waals surface area contributed by atoms with E-state index in [1.165, 1.54) is 38.6 Å². The highest BCUT2D eigenvalue weighted by Crippen LogP contribution is 2.38. The molecule has 0 aromatic rings. The number of likely N-dealkylation sites (tertiary alicyclic amines) is 1. The fourth-order valence-corrected chi connectivity index (χ4v) is 4.61. The largest absolute Gasteiger partial charge is 0.381 e. The summed E-state index contributed by atoms with van der Waals surface area (Å²) in [6.45, 7) is 1.95. The summed E-state index contributed by atoms with van der Waals surface area (Å²) in [5, 5.41) is 0. The number of methoxy groups -OCH3 is 1. The minimum atomic E-state index is 0.424. The molecule has 0 aliphatic carbocycles. The van der Waals surface area contributed by atoms with E-state index in [9.17, 15) is 0 Å². The van der Waals surface area contributed by atoms with Gasteiger partial charge in [-0.1, -0.05) is 0 Å². The zero-order valence-electron chi connectivity index (χ0n) is 12.4. The molecule has 3 fully saturated rings. The third kappa shape index (κ3) is 2.56. The Morgan fingerprint density at radius 2 is 1.74 bits per heavy atom. The van der Waals surface area contributed by atoms with E-state index in [1.807, 2.05) is 7.11 Å². The number of hydrogen-bond donors (Lipinski definition) is 1. The fourth-order valence-electron chi connectivity index (χ4n) is 4.61. The second kappa shape index (κ2) is 5.68. The molecular weight excluding hydrogens is 238 g/mol. The Hall–Kier alpha value is -0.160. The van der Waals surface area contributed by atoms with Crippen molar-refractivity contribution in [2.45, 2.75) is 68.8 Å². The highest BCUT2D eigenvalue weighted by molar-refractivity contribution is 4.99. The molecule has 2 N–H and O–H groups in total. The molecular formula is C15H29N3O. The quantitative estimate of drug-likeness (QED) is 0.830. The molecule has 4 atom stereocenters. The van der Waals surface area contributed by atoms with Crippen molar-refractivity contribution in [1.29, 1.82) is 0 Å². The minimum absolute atomic E-state index is 0.424. The summed E-state index contributed by atoms with van der Waals surface area (Å²) in [4.78, 5) is 5.34. The molecule has 0 amide bonds. The number of nitrogens with zero attached hydrogens (tertiary/aromatic N) is 2. The van der Waals surface area contributed by atoms with Gasteiger partial charge in [0, 0.05) is 44.4 Å². The van der Waals surface area contributed by atoms with Crippen molar-refractivity contribution in [3.05, 3.63) is 0 Å². The van der Waals surface area contributed by atoms with Gasteiger partial charge < -0.3 is 15.4 Å². The van der Waals surface area contributed by atoms with E-state index in [2.05, 4.69) is 16.8 Å². The SMILES string of the molecule is COC1CCN(C2CC3CCC(C2)N3C)C(CN)C1. The zero-order chi connectivity index (χ0) is 13.4. The second-order valence-electron chi connectivity index (χ2n) is 6.69. The minimum Gasteiger partial charge on any atom is -0.381 e. The average molecular weight is 267 g/mol. The summed E-state index contributed by atoms with van der Waals surface area (Å²) < 4.78 is 5.54. The van der Waals surface area contributed by atoms with Crippen LogP contribution in [-0.2, 0) is 4.74 Å². The van der Waals surface area contributed by atoms with Gasteiger partial charge in [0.05, 0.1) is 6.10 Å². The first kappa shape index (κ1) is 13.8. The molecule has 3 heterocycles. The van der Waals surface area contributed by atoms with E-state index in [0.29, 0.717) is 12.1 Å². The molecule has 4 unspecified atom stereocenters. The van der Waals surface area contributed by atoms with Crippen LogP contribution in [0, 0.1) is 0 Å². The Bertz CT molecular complexity index is 298. The van der Waals surface area contributed by atoms with Crippen LogP contribution in [0.3, 0.4) is 0 Å². The highest BCUT2D eigenvalue weighted by atomic mass is 16.5.